The third-order valence-electron chi connectivity index (χ3n) is 1.89. The monoisotopic (exact) mass is 275 g/mol. The molecule has 0 saturated carbocycles. The normalized spacial score (nSPS) is 12.6. The van der Waals surface area contributed by atoms with Crippen LogP contribution in [0.25, 0.3) is 0 Å². The van der Waals surface area contributed by atoms with Crippen LogP contribution in [0, 0.1) is 3.57 Å². The van der Waals surface area contributed by atoms with Crippen LogP contribution >= 0.6 is 22.6 Å². The lowest BCUT2D eigenvalue weighted by Crippen LogP contribution is -2.13. The Labute approximate surface area is 87.7 Å². The standard InChI is InChI=1S/C10H14IN/c1-3-8(2)12-10-7-5-4-6-9(10)11/h4-8,12H,3H2,1-2H3/t8-/m1/s1. The molecular weight excluding hydrogens is 261 g/mol. The molecule has 12 heavy (non-hydrogen) atoms. The van der Waals surface area contributed by atoms with Crippen molar-refractivity contribution in [1.29, 1.82) is 0 Å². The maximum absolute atomic E-state index is 3.45. The predicted octanol–water partition coefficient (Wildman–Crippen LogP) is 3.50. The van der Waals surface area contributed by atoms with Gasteiger partial charge in [-0.05, 0) is 48.1 Å². The number of rotatable bonds is 3. The fourth-order valence-corrected chi connectivity index (χ4v) is 1.49. The molecule has 0 saturated heterocycles. The number of para-hydroxylation sites is 1. The van der Waals surface area contributed by atoms with Crippen LogP contribution in [-0.2, 0) is 0 Å². The van der Waals surface area contributed by atoms with Gasteiger partial charge in [0, 0.05) is 15.3 Å². The minimum absolute atomic E-state index is 0.556. The summed E-state index contributed by atoms with van der Waals surface area (Å²) in [4.78, 5) is 0. The maximum Gasteiger partial charge on any atom is 0.0477 e. The number of halogens is 1. The van der Waals surface area contributed by atoms with E-state index in [4.69, 9.17) is 0 Å². The Morgan fingerprint density at radius 1 is 1.42 bits per heavy atom. The molecule has 0 aliphatic carbocycles. The zero-order valence-corrected chi connectivity index (χ0v) is 9.63. The lowest BCUT2D eigenvalue weighted by atomic mass is 10.2. The molecule has 0 unspecified atom stereocenters. The second-order valence-electron chi connectivity index (χ2n) is 2.93. The fraction of sp³-hybridized carbons (Fsp3) is 0.400. The van der Waals surface area contributed by atoms with Crippen molar-refractivity contribution in [2.75, 3.05) is 5.32 Å². The molecular formula is C10H14IN. The van der Waals surface area contributed by atoms with E-state index in [-0.39, 0.29) is 0 Å². The molecule has 0 aromatic heterocycles. The zero-order chi connectivity index (χ0) is 8.97. The smallest absolute Gasteiger partial charge is 0.0477 e. The van der Waals surface area contributed by atoms with Gasteiger partial charge in [-0.25, -0.2) is 0 Å². The van der Waals surface area contributed by atoms with Crippen molar-refractivity contribution < 1.29 is 0 Å². The van der Waals surface area contributed by atoms with Crippen LogP contribution in [0.3, 0.4) is 0 Å². The van der Waals surface area contributed by atoms with Crippen LogP contribution in [0.5, 0.6) is 0 Å². The van der Waals surface area contributed by atoms with Crippen molar-refractivity contribution in [3.8, 4) is 0 Å². The molecule has 0 bridgehead atoms. The molecule has 0 fully saturated rings. The van der Waals surface area contributed by atoms with Crippen molar-refractivity contribution >= 4 is 28.3 Å². The number of hydrogen-bond acceptors (Lipinski definition) is 1. The van der Waals surface area contributed by atoms with E-state index in [2.05, 4.69) is 66.0 Å². The Morgan fingerprint density at radius 3 is 2.67 bits per heavy atom. The summed E-state index contributed by atoms with van der Waals surface area (Å²) in [5.41, 5.74) is 1.24. The van der Waals surface area contributed by atoms with E-state index >= 15 is 0 Å². The van der Waals surface area contributed by atoms with Crippen molar-refractivity contribution in [2.24, 2.45) is 0 Å². The van der Waals surface area contributed by atoms with Gasteiger partial charge in [0.2, 0.25) is 0 Å². The third-order valence-corrected chi connectivity index (χ3v) is 2.83. The average molecular weight is 275 g/mol. The van der Waals surface area contributed by atoms with E-state index < -0.39 is 0 Å². The van der Waals surface area contributed by atoms with Gasteiger partial charge in [-0.15, -0.1) is 0 Å². The quantitative estimate of drug-likeness (QED) is 0.832. The first-order chi connectivity index (χ1) is 5.74. The summed E-state index contributed by atoms with van der Waals surface area (Å²) in [6.45, 7) is 4.39. The first kappa shape index (κ1) is 9.84. The minimum atomic E-state index is 0.556. The summed E-state index contributed by atoms with van der Waals surface area (Å²) >= 11 is 2.35. The first-order valence-corrected chi connectivity index (χ1v) is 5.33. The lowest BCUT2D eigenvalue weighted by Gasteiger charge is -2.13. The highest BCUT2D eigenvalue weighted by atomic mass is 127. The van der Waals surface area contributed by atoms with Crippen molar-refractivity contribution in [3.05, 3.63) is 27.8 Å². The highest BCUT2D eigenvalue weighted by molar-refractivity contribution is 14.1. The molecule has 0 spiro atoms. The maximum atomic E-state index is 3.45. The molecule has 0 radical (unpaired) electrons. The number of nitrogens with one attached hydrogen (secondary N) is 1. The Balaban J connectivity index is 2.69. The highest BCUT2D eigenvalue weighted by Gasteiger charge is 2.00. The van der Waals surface area contributed by atoms with Gasteiger partial charge in [0.15, 0.2) is 0 Å². The summed E-state index contributed by atoms with van der Waals surface area (Å²) in [6.07, 6.45) is 1.16. The predicted molar refractivity (Wildman–Crippen MR) is 62.5 cm³/mol. The van der Waals surface area contributed by atoms with E-state index in [0.29, 0.717) is 6.04 Å². The van der Waals surface area contributed by atoms with Crippen LogP contribution in [-0.4, -0.2) is 6.04 Å². The van der Waals surface area contributed by atoms with E-state index in [9.17, 15) is 0 Å². The van der Waals surface area contributed by atoms with Crippen LogP contribution in [0.2, 0.25) is 0 Å². The molecule has 0 amide bonds. The summed E-state index contributed by atoms with van der Waals surface area (Å²) in [5, 5.41) is 3.45. The van der Waals surface area contributed by atoms with Gasteiger partial charge in [0.05, 0.1) is 0 Å². The Hall–Kier alpha value is -0.250. The fourth-order valence-electron chi connectivity index (χ4n) is 0.946. The number of anilines is 1. The van der Waals surface area contributed by atoms with Gasteiger partial charge in [-0.3, -0.25) is 0 Å². The van der Waals surface area contributed by atoms with Crippen LogP contribution in [0.4, 0.5) is 5.69 Å². The van der Waals surface area contributed by atoms with Gasteiger partial charge >= 0.3 is 0 Å². The number of benzene rings is 1. The molecule has 0 heterocycles. The lowest BCUT2D eigenvalue weighted by molar-refractivity contribution is 0.763. The summed E-state index contributed by atoms with van der Waals surface area (Å²) in [7, 11) is 0. The van der Waals surface area contributed by atoms with Crippen LogP contribution < -0.4 is 5.32 Å². The van der Waals surface area contributed by atoms with E-state index in [1.165, 1.54) is 9.26 Å². The second kappa shape index (κ2) is 4.70. The molecule has 1 aromatic carbocycles. The average Bonchev–Trinajstić information content (AvgIpc) is 2.09. The molecule has 1 nitrogen and oxygen atoms in total. The third kappa shape index (κ3) is 2.66. The Morgan fingerprint density at radius 2 is 2.08 bits per heavy atom. The summed E-state index contributed by atoms with van der Waals surface area (Å²) < 4.78 is 1.29. The van der Waals surface area contributed by atoms with E-state index in [1.807, 2.05) is 0 Å². The summed E-state index contributed by atoms with van der Waals surface area (Å²) in [5.74, 6) is 0. The van der Waals surface area contributed by atoms with Gasteiger partial charge < -0.3 is 5.32 Å². The second-order valence-corrected chi connectivity index (χ2v) is 4.10. The molecule has 1 rings (SSSR count). The SMILES string of the molecule is CC[C@@H](C)Nc1ccccc1I. The molecule has 0 aliphatic rings. The first-order valence-electron chi connectivity index (χ1n) is 4.25. The molecule has 2 heteroatoms. The van der Waals surface area contributed by atoms with E-state index in [0.717, 1.165) is 6.42 Å². The molecule has 1 N–H and O–H groups in total. The van der Waals surface area contributed by atoms with Gasteiger partial charge in [-0.1, -0.05) is 19.1 Å². The molecule has 1 atom stereocenters. The van der Waals surface area contributed by atoms with Gasteiger partial charge in [0.1, 0.15) is 0 Å². The number of hydrogen-bond donors (Lipinski definition) is 1. The zero-order valence-electron chi connectivity index (χ0n) is 7.47. The molecule has 0 aliphatic heterocycles. The minimum Gasteiger partial charge on any atom is -0.382 e. The van der Waals surface area contributed by atoms with Crippen molar-refractivity contribution in [2.45, 2.75) is 26.3 Å². The van der Waals surface area contributed by atoms with Crippen LogP contribution in [0.15, 0.2) is 24.3 Å². The highest BCUT2D eigenvalue weighted by Crippen LogP contribution is 2.18. The Kier molecular flexibility index (Phi) is 3.85. The van der Waals surface area contributed by atoms with Crippen LogP contribution in [0.1, 0.15) is 20.3 Å². The van der Waals surface area contributed by atoms with Gasteiger partial charge in [-0.2, -0.15) is 0 Å². The summed E-state index contributed by atoms with van der Waals surface area (Å²) in [6, 6.07) is 8.91. The van der Waals surface area contributed by atoms with Crippen molar-refractivity contribution in [3.63, 3.8) is 0 Å². The molecule has 66 valence electrons. The Bertz CT molecular complexity index is 247. The largest absolute Gasteiger partial charge is 0.382 e. The van der Waals surface area contributed by atoms with Crippen molar-refractivity contribution in [1.82, 2.24) is 0 Å². The van der Waals surface area contributed by atoms with E-state index in [1.54, 1.807) is 0 Å². The van der Waals surface area contributed by atoms with Gasteiger partial charge in [0.25, 0.3) is 0 Å². The topological polar surface area (TPSA) is 12.0 Å². The molecule has 1 aromatic rings.